The molecule has 0 heterocycles. The lowest BCUT2D eigenvalue weighted by Gasteiger charge is -2.16. The minimum atomic E-state index is -0.496. The first-order valence-corrected chi connectivity index (χ1v) is 7.21. The highest BCUT2D eigenvalue weighted by molar-refractivity contribution is 9.10. The molecule has 0 spiro atoms. The number of nitrogens with one attached hydrogen (secondary N) is 1. The summed E-state index contributed by atoms with van der Waals surface area (Å²) in [6, 6.07) is 9.03. The molecule has 0 bridgehead atoms. The molecule has 110 valence electrons. The summed E-state index contributed by atoms with van der Waals surface area (Å²) >= 11 is 8.77. The van der Waals surface area contributed by atoms with Crippen LogP contribution in [0.1, 0.15) is 18.5 Å². The van der Waals surface area contributed by atoms with E-state index in [0.717, 1.165) is 0 Å². The minimum Gasteiger partial charge on any atom is -0.378 e. The second-order valence-corrected chi connectivity index (χ2v) is 5.72. The van der Waals surface area contributed by atoms with Gasteiger partial charge in [-0.05, 0) is 52.7 Å². The summed E-state index contributed by atoms with van der Waals surface area (Å²) in [7, 11) is 0. The third kappa shape index (κ3) is 3.71. The number of nitro benzene ring substituents is 1. The van der Waals surface area contributed by atoms with Crippen molar-refractivity contribution in [3.8, 4) is 0 Å². The Hall–Kier alpha value is -1.66. The first-order valence-electron chi connectivity index (χ1n) is 6.04. The lowest BCUT2D eigenvalue weighted by atomic mass is 10.1. The molecule has 0 aliphatic rings. The van der Waals surface area contributed by atoms with Gasteiger partial charge in [-0.25, -0.2) is 4.39 Å². The molecular weight excluding hydrogens is 363 g/mol. The first kappa shape index (κ1) is 15.7. The average Bonchev–Trinajstić information content (AvgIpc) is 2.43. The van der Waals surface area contributed by atoms with Crippen LogP contribution in [0.15, 0.2) is 40.9 Å². The summed E-state index contributed by atoms with van der Waals surface area (Å²) in [6.45, 7) is 1.83. The molecule has 0 amide bonds. The van der Waals surface area contributed by atoms with Crippen molar-refractivity contribution >= 4 is 38.9 Å². The van der Waals surface area contributed by atoms with E-state index in [0.29, 0.717) is 15.7 Å². The molecule has 0 fully saturated rings. The van der Waals surface area contributed by atoms with Gasteiger partial charge in [0.05, 0.1) is 14.4 Å². The van der Waals surface area contributed by atoms with Gasteiger partial charge in [-0.15, -0.1) is 0 Å². The first-order chi connectivity index (χ1) is 9.88. The van der Waals surface area contributed by atoms with Crippen molar-refractivity contribution in [3.05, 3.63) is 67.4 Å². The van der Waals surface area contributed by atoms with Crippen LogP contribution in [0.2, 0.25) is 5.02 Å². The highest BCUT2D eigenvalue weighted by atomic mass is 79.9. The third-order valence-electron chi connectivity index (χ3n) is 2.97. The van der Waals surface area contributed by atoms with Crippen molar-refractivity contribution in [2.45, 2.75) is 13.0 Å². The Kier molecular flexibility index (Phi) is 4.80. The normalized spacial score (nSPS) is 12.0. The summed E-state index contributed by atoms with van der Waals surface area (Å²) in [6.07, 6.45) is 0. The number of nitro groups is 1. The summed E-state index contributed by atoms with van der Waals surface area (Å²) in [5.41, 5.74) is 1.24. The quantitative estimate of drug-likeness (QED) is 0.582. The second kappa shape index (κ2) is 6.41. The Balaban J connectivity index is 2.23. The van der Waals surface area contributed by atoms with Gasteiger partial charge in [-0.2, -0.15) is 0 Å². The SMILES string of the molecule is CC(Nc1ccc(Br)c([N+](=O)[O-])c1)c1ccc(Cl)c(F)c1. The molecule has 0 saturated carbocycles. The van der Waals surface area contributed by atoms with E-state index in [1.54, 1.807) is 18.2 Å². The lowest BCUT2D eigenvalue weighted by molar-refractivity contribution is -0.385. The van der Waals surface area contributed by atoms with E-state index in [9.17, 15) is 14.5 Å². The Morgan fingerprint density at radius 2 is 2.05 bits per heavy atom. The molecule has 0 radical (unpaired) electrons. The van der Waals surface area contributed by atoms with Crippen LogP contribution in [0.3, 0.4) is 0 Å². The molecule has 0 aliphatic heterocycles. The maximum absolute atomic E-state index is 13.4. The third-order valence-corrected chi connectivity index (χ3v) is 3.95. The second-order valence-electron chi connectivity index (χ2n) is 4.46. The number of nitrogens with zero attached hydrogens (tertiary/aromatic N) is 1. The lowest BCUT2D eigenvalue weighted by Crippen LogP contribution is -2.07. The fourth-order valence-electron chi connectivity index (χ4n) is 1.86. The summed E-state index contributed by atoms with van der Waals surface area (Å²) in [5.74, 6) is -0.496. The molecule has 2 aromatic carbocycles. The number of benzene rings is 2. The van der Waals surface area contributed by atoms with Crippen LogP contribution in [-0.2, 0) is 0 Å². The highest BCUT2D eigenvalue weighted by Crippen LogP contribution is 2.30. The maximum atomic E-state index is 13.4. The average molecular weight is 374 g/mol. The van der Waals surface area contributed by atoms with Gasteiger partial charge in [-0.1, -0.05) is 17.7 Å². The van der Waals surface area contributed by atoms with Gasteiger partial charge in [0, 0.05) is 17.8 Å². The van der Waals surface area contributed by atoms with Crippen LogP contribution < -0.4 is 5.32 Å². The molecule has 4 nitrogen and oxygen atoms in total. The number of rotatable bonds is 4. The van der Waals surface area contributed by atoms with Gasteiger partial charge in [-0.3, -0.25) is 10.1 Å². The van der Waals surface area contributed by atoms with Crippen LogP contribution >= 0.6 is 27.5 Å². The predicted molar refractivity (Wildman–Crippen MR) is 84.2 cm³/mol. The standard InChI is InChI=1S/C14H11BrClFN2O2/c1-8(9-2-5-12(16)13(17)6-9)18-10-3-4-11(15)14(7-10)19(20)21/h2-8,18H,1H3. The monoisotopic (exact) mass is 372 g/mol. The van der Waals surface area contributed by atoms with E-state index in [-0.39, 0.29) is 16.8 Å². The topological polar surface area (TPSA) is 55.2 Å². The number of hydrogen-bond donors (Lipinski definition) is 1. The molecule has 1 N–H and O–H groups in total. The Morgan fingerprint density at radius 1 is 1.33 bits per heavy atom. The molecule has 0 saturated heterocycles. The Labute approximate surface area is 134 Å². The zero-order chi connectivity index (χ0) is 15.6. The summed E-state index contributed by atoms with van der Waals surface area (Å²) < 4.78 is 13.9. The molecule has 0 aromatic heterocycles. The van der Waals surface area contributed by atoms with Crippen LogP contribution in [0.5, 0.6) is 0 Å². The highest BCUT2D eigenvalue weighted by Gasteiger charge is 2.14. The summed E-state index contributed by atoms with van der Waals surface area (Å²) in [5, 5.41) is 14.0. The van der Waals surface area contributed by atoms with Gasteiger partial charge in [0.25, 0.3) is 5.69 Å². The van der Waals surface area contributed by atoms with Crippen molar-refractivity contribution in [2.24, 2.45) is 0 Å². The van der Waals surface area contributed by atoms with Crippen molar-refractivity contribution in [1.82, 2.24) is 0 Å². The Bertz CT molecular complexity index is 697. The van der Waals surface area contributed by atoms with E-state index in [2.05, 4.69) is 21.2 Å². The van der Waals surface area contributed by atoms with Crippen LogP contribution in [0.4, 0.5) is 15.8 Å². The smallest absolute Gasteiger partial charge is 0.285 e. The van der Waals surface area contributed by atoms with Crippen molar-refractivity contribution < 1.29 is 9.31 Å². The van der Waals surface area contributed by atoms with Gasteiger partial charge in [0.15, 0.2) is 0 Å². The van der Waals surface area contributed by atoms with Gasteiger partial charge in [0.2, 0.25) is 0 Å². The maximum Gasteiger partial charge on any atom is 0.285 e. The molecule has 7 heteroatoms. The summed E-state index contributed by atoms with van der Waals surface area (Å²) in [4.78, 5) is 10.4. The van der Waals surface area contributed by atoms with E-state index >= 15 is 0 Å². The van der Waals surface area contributed by atoms with E-state index in [1.165, 1.54) is 18.2 Å². The largest absolute Gasteiger partial charge is 0.378 e. The van der Waals surface area contributed by atoms with Crippen LogP contribution in [0.25, 0.3) is 0 Å². The van der Waals surface area contributed by atoms with Gasteiger partial charge < -0.3 is 5.32 Å². The molecule has 2 rings (SSSR count). The van der Waals surface area contributed by atoms with E-state index < -0.39 is 10.7 Å². The zero-order valence-electron chi connectivity index (χ0n) is 10.9. The molecule has 2 aromatic rings. The van der Waals surface area contributed by atoms with E-state index in [4.69, 9.17) is 11.6 Å². The minimum absolute atomic E-state index is 0.0329. The van der Waals surface area contributed by atoms with Crippen molar-refractivity contribution in [3.63, 3.8) is 0 Å². The zero-order valence-corrected chi connectivity index (χ0v) is 13.3. The molecule has 21 heavy (non-hydrogen) atoms. The predicted octanol–water partition coefficient (Wildman–Crippen LogP) is 5.32. The fraction of sp³-hybridized carbons (Fsp3) is 0.143. The van der Waals surface area contributed by atoms with E-state index in [1.807, 2.05) is 6.92 Å². The molecule has 0 aliphatic carbocycles. The van der Waals surface area contributed by atoms with Crippen molar-refractivity contribution in [1.29, 1.82) is 0 Å². The molecule has 1 unspecified atom stereocenters. The van der Waals surface area contributed by atoms with Crippen LogP contribution in [-0.4, -0.2) is 4.92 Å². The van der Waals surface area contributed by atoms with Crippen LogP contribution in [0, 0.1) is 15.9 Å². The Morgan fingerprint density at radius 3 is 2.67 bits per heavy atom. The number of hydrogen-bond acceptors (Lipinski definition) is 3. The molecular formula is C14H11BrClFN2O2. The van der Waals surface area contributed by atoms with Crippen molar-refractivity contribution in [2.75, 3.05) is 5.32 Å². The molecule has 1 atom stereocenters. The van der Waals surface area contributed by atoms with Gasteiger partial charge in [0.1, 0.15) is 5.82 Å². The van der Waals surface area contributed by atoms with Gasteiger partial charge >= 0.3 is 0 Å². The fourth-order valence-corrected chi connectivity index (χ4v) is 2.37. The number of halogens is 3. The number of anilines is 1.